The van der Waals surface area contributed by atoms with Crippen molar-refractivity contribution < 1.29 is 14.3 Å². The maximum Gasteiger partial charge on any atom is 0.260 e. The van der Waals surface area contributed by atoms with Gasteiger partial charge in [0.1, 0.15) is 11.6 Å². The van der Waals surface area contributed by atoms with Crippen molar-refractivity contribution in [1.82, 2.24) is 9.88 Å². The molecular weight excluding hydrogens is 354 g/mol. The predicted octanol–water partition coefficient (Wildman–Crippen LogP) is 3.81. The summed E-state index contributed by atoms with van der Waals surface area (Å²) in [6.07, 6.45) is 4.94. The van der Waals surface area contributed by atoms with Crippen molar-refractivity contribution in [1.29, 1.82) is 0 Å². The van der Waals surface area contributed by atoms with Crippen LogP contribution in [-0.4, -0.2) is 40.4 Å². The van der Waals surface area contributed by atoms with Crippen LogP contribution in [-0.2, 0) is 4.79 Å². The van der Waals surface area contributed by atoms with Crippen molar-refractivity contribution in [2.24, 2.45) is 0 Å². The molecule has 2 amide bonds. The molecule has 148 valence electrons. The van der Waals surface area contributed by atoms with Crippen molar-refractivity contribution in [2.45, 2.75) is 52.1 Å². The summed E-state index contributed by atoms with van der Waals surface area (Å²) in [5.74, 6) is 0.837. The Labute approximate surface area is 165 Å². The highest BCUT2D eigenvalue weighted by molar-refractivity contribution is 6.03. The standard InChI is InChI=1S/C22H27N3O3/c1-15-7-12-20(23-13-15)24-22(27)18-8-10-19(11-9-18)28-14-21(26)25-16(2)5-4-6-17(25)3/h7-13,16-17H,4-6,14H2,1-3H3,(H,23,24,27). The zero-order valence-electron chi connectivity index (χ0n) is 16.6. The maximum absolute atomic E-state index is 12.5. The van der Waals surface area contributed by atoms with E-state index in [9.17, 15) is 9.59 Å². The van der Waals surface area contributed by atoms with Gasteiger partial charge in [-0.05, 0) is 75.9 Å². The molecule has 1 aromatic heterocycles. The minimum absolute atomic E-state index is 0.00645. The molecule has 6 heteroatoms. The summed E-state index contributed by atoms with van der Waals surface area (Å²) in [6, 6.07) is 10.9. The first-order valence-electron chi connectivity index (χ1n) is 9.72. The van der Waals surface area contributed by atoms with Gasteiger partial charge in [0.05, 0.1) is 0 Å². The molecule has 28 heavy (non-hydrogen) atoms. The van der Waals surface area contributed by atoms with E-state index < -0.39 is 0 Å². The van der Waals surface area contributed by atoms with E-state index in [0.29, 0.717) is 17.1 Å². The zero-order chi connectivity index (χ0) is 20.1. The molecule has 0 spiro atoms. The second-order valence-electron chi connectivity index (χ2n) is 7.42. The summed E-state index contributed by atoms with van der Waals surface area (Å²) >= 11 is 0. The van der Waals surface area contributed by atoms with Crippen molar-refractivity contribution in [3.05, 3.63) is 53.7 Å². The van der Waals surface area contributed by atoms with Gasteiger partial charge in [0.25, 0.3) is 11.8 Å². The van der Waals surface area contributed by atoms with Crippen molar-refractivity contribution in [3.8, 4) is 5.75 Å². The fraction of sp³-hybridized carbons (Fsp3) is 0.409. The third kappa shape index (κ3) is 4.88. The first-order chi connectivity index (χ1) is 13.4. The number of nitrogens with zero attached hydrogens (tertiary/aromatic N) is 2. The molecule has 3 rings (SSSR count). The average Bonchev–Trinajstić information content (AvgIpc) is 2.68. The van der Waals surface area contributed by atoms with Crippen LogP contribution in [0.15, 0.2) is 42.6 Å². The van der Waals surface area contributed by atoms with E-state index in [0.717, 1.165) is 24.8 Å². The van der Waals surface area contributed by atoms with Crippen LogP contribution in [0.2, 0.25) is 0 Å². The topological polar surface area (TPSA) is 71.5 Å². The molecule has 0 bridgehead atoms. The molecule has 1 aromatic carbocycles. The van der Waals surface area contributed by atoms with Gasteiger partial charge in [-0.3, -0.25) is 9.59 Å². The third-order valence-electron chi connectivity index (χ3n) is 5.11. The number of ether oxygens (including phenoxy) is 1. The van der Waals surface area contributed by atoms with Crippen LogP contribution >= 0.6 is 0 Å². The number of nitrogens with one attached hydrogen (secondary N) is 1. The number of rotatable bonds is 5. The van der Waals surface area contributed by atoms with E-state index in [1.807, 2.05) is 17.9 Å². The fourth-order valence-electron chi connectivity index (χ4n) is 3.57. The monoisotopic (exact) mass is 381 g/mol. The van der Waals surface area contributed by atoms with Gasteiger partial charge in [0.15, 0.2) is 6.61 Å². The molecule has 0 saturated carbocycles. The lowest BCUT2D eigenvalue weighted by Crippen LogP contribution is -2.49. The van der Waals surface area contributed by atoms with Crippen LogP contribution in [0.3, 0.4) is 0 Å². The largest absolute Gasteiger partial charge is 0.484 e. The van der Waals surface area contributed by atoms with Gasteiger partial charge in [0, 0.05) is 23.8 Å². The summed E-state index contributed by atoms with van der Waals surface area (Å²) in [6.45, 7) is 6.12. The Kier molecular flexibility index (Phi) is 6.29. The van der Waals surface area contributed by atoms with Gasteiger partial charge in [-0.15, -0.1) is 0 Å². The summed E-state index contributed by atoms with van der Waals surface area (Å²) in [5.41, 5.74) is 1.53. The quantitative estimate of drug-likeness (QED) is 0.855. The maximum atomic E-state index is 12.5. The Morgan fingerprint density at radius 2 is 1.79 bits per heavy atom. The number of amides is 2. The van der Waals surface area contributed by atoms with E-state index in [1.165, 1.54) is 0 Å². The molecule has 2 aromatic rings. The van der Waals surface area contributed by atoms with E-state index >= 15 is 0 Å². The number of aryl methyl sites for hydroxylation is 1. The van der Waals surface area contributed by atoms with Gasteiger partial charge in [0.2, 0.25) is 0 Å². The van der Waals surface area contributed by atoms with Crippen LogP contribution in [0.1, 0.15) is 49.0 Å². The van der Waals surface area contributed by atoms with Crippen LogP contribution < -0.4 is 10.1 Å². The van der Waals surface area contributed by atoms with Gasteiger partial charge in [-0.1, -0.05) is 6.07 Å². The van der Waals surface area contributed by atoms with Gasteiger partial charge < -0.3 is 15.0 Å². The predicted molar refractivity (Wildman–Crippen MR) is 108 cm³/mol. The number of carbonyl (C=O) groups excluding carboxylic acids is 2. The smallest absolute Gasteiger partial charge is 0.260 e. The molecule has 0 aliphatic carbocycles. The second-order valence-corrected chi connectivity index (χ2v) is 7.42. The Hall–Kier alpha value is -2.89. The minimum Gasteiger partial charge on any atom is -0.484 e. The molecule has 1 aliphatic heterocycles. The lowest BCUT2D eigenvalue weighted by atomic mass is 9.97. The Morgan fingerprint density at radius 1 is 1.11 bits per heavy atom. The number of aromatic nitrogens is 1. The fourth-order valence-corrected chi connectivity index (χ4v) is 3.57. The van der Waals surface area contributed by atoms with Crippen LogP contribution in [0.25, 0.3) is 0 Å². The first-order valence-corrected chi connectivity index (χ1v) is 9.72. The summed E-state index contributed by atoms with van der Waals surface area (Å²) in [4.78, 5) is 30.9. The number of pyridine rings is 1. The summed E-state index contributed by atoms with van der Waals surface area (Å²) in [7, 11) is 0. The highest BCUT2D eigenvalue weighted by Crippen LogP contribution is 2.23. The SMILES string of the molecule is Cc1ccc(NC(=O)c2ccc(OCC(=O)N3C(C)CCCC3C)cc2)nc1. The lowest BCUT2D eigenvalue weighted by molar-refractivity contribution is -0.139. The number of anilines is 1. The normalized spacial score (nSPS) is 19.2. The molecule has 2 heterocycles. The number of carbonyl (C=O) groups is 2. The van der Waals surface area contributed by atoms with Crippen LogP contribution in [0.4, 0.5) is 5.82 Å². The average molecular weight is 381 g/mol. The van der Waals surface area contributed by atoms with E-state index in [-0.39, 0.29) is 30.5 Å². The molecule has 1 fully saturated rings. The van der Waals surface area contributed by atoms with Crippen molar-refractivity contribution in [2.75, 3.05) is 11.9 Å². The lowest BCUT2D eigenvalue weighted by Gasteiger charge is -2.38. The van der Waals surface area contributed by atoms with Crippen LogP contribution in [0, 0.1) is 6.92 Å². The summed E-state index contributed by atoms with van der Waals surface area (Å²) in [5, 5.41) is 2.76. The Balaban J connectivity index is 1.54. The molecule has 1 N–H and O–H groups in total. The van der Waals surface area contributed by atoms with Gasteiger partial charge in [-0.25, -0.2) is 4.98 Å². The van der Waals surface area contributed by atoms with Crippen molar-refractivity contribution >= 4 is 17.6 Å². The van der Waals surface area contributed by atoms with E-state index in [2.05, 4.69) is 24.1 Å². The van der Waals surface area contributed by atoms with E-state index in [4.69, 9.17) is 4.74 Å². The molecule has 0 radical (unpaired) electrons. The molecular formula is C22H27N3O3. The molecule has 6 nitrogen and oxygen atoms in total. The molecule has 1 saturated heterocycles. The number of hydrogen-bond acceptors (Lipinski definition) is 4. The highest BCUT2D eigenvalue weighted by atomic mass is 16.5. The number of likely N-dealkylation sites (tertiary alicyclic amines) is 1. The first kappa shape index (κ1) is 19.9. The van der Waals surface area contributed by atoms with Gasteiger partial charge >= 0.3 is 0 Å². The molecule has 2 unspecified atom stereocenters. The molecule has 1 aliphatic rings. The highest BCUT2D eigenvalue weighted by Gasteiger charge is 2.28. The zero-order valence-corrected chi connectivity index (χ0v) is 16.6. The van der Waals surface area contributed by atoms with E-state index in [1.54, 1.807) is 36.5 Å². The van der Waals surface area contributed by atoms with Crippen LogP contribution in [0.5, 0.6) is 5.75 Å². The second kappa shape index (κ2) is 8.87. The number of benzene rings is 1. The minimum atomic E-state index is -0.241. The Morgan fingerprint density at radius 3 is 2.39 bits per heavy atom. The third-order valence-corrected chi connectivity index (χ3v) is 5.11. The summed E-state index contributed by atoms with van der Waals surface area (Å²) < 4.78 is 5.65. The Bertz CT molecular complexity index is 808. The van der Waals surface area contributed by atoms with Gasteiger partial charge in [-0.2, -0.15) is 0 Å². The molecule has 2 atom stereocenters. The number of hydrogen-bond donors (Lipinski definition) is 1. The number of piperidine rings is 1. The van der Waals surface area contributed by atoms with Crippen molar-refractivity contribution in [3.63, 3.8) is 0 Å².